The predicted molar refractivity (Wildman–Crippen MR) is 82.3 cm³/mol. The lowest BCUT2D eigenvalue weighted by Crippen LogP contribution is -2.30. The molecule has 0 aliphatic heterocycles. The van der Waals surface area contributed by atoms with E-state index < -0.39 is 16.0 Å². The van der Waals surface area contributed by atoms with Gasteiger partial charge in [-0.05, 0) is 34.0 Å². The normalized spacial score (nSPS) is 13.1. The summed E-state index contributed by atoms with van der Waals surface area (Å²) in [5.74, 6) is -1.31. The molecular weight excluding hydrogens is 386 g/mol. The lowest BCUT2D eigenvalue weighted by Gasteiger charge is -2.13. The van der Waals surface area contributed by atoms with Crippen molar-refractivity contribution >= 4 is 43.5 Å². The van der Waals surface area contributed by atoms with E-state index in [1.54, 1.807) is 0 Å². The van der Waals surface area contributed by atoms with Crippen molar-refractivity contribution in [1.29, 1.82) is 0 Å². The number of methoxy groups -OCH3 is 1. The van der Waals surface area contributed by atoms with Gasteiger partial charge in [0.25, 0.3) is 0 Å². The zero-order valence-electron chi connectivity index (χ0n) is 11.4. The summed E-state index contributed by atoms with van der Waals surface area (Å²) >= 11 is 8.87. The lowest BCUT2D eigenvalue weighted by molar-refractivity contribution is 0.0696. The third kappa shape index (κ3) is 4.93. The number of aromatic carboxylic acids is 1. The highest BCUT2D eigenvalue weighted by Gasteiger charge is 2.21. The maximum Gasteiger partial charge on any atom is 0.337 e. The van der Waals surface area contributed by atoms with Gasteiger partial charge in [-0.25, -0.2) is 17.9 Å². The number of rotatable bonds is 7. The van der Waals surface area contributed by atoms with Gasteiger partial charge in [-0.1, -0.05) is 18.5 Å². The summed E-state index contributed by atoms with van der Waals surface area (Å²) < 4.78 is 31.9. The van der Waals surface area contributed by atoms with E-state index in [9.17, 15) is 13.2 Å². The molecule has 0 fully saturated rings. The number of carbonyl (C=O) groups is 1. The van der Waals surface area contributed by atoms with E-state index in [2.05, 4.69) is 20.7 Å². The molecular formula is C12H15BrClNO5S. The summed E-state index contributed by atoms with van der Waals surface area (Å²) in [7, 11) is -2.30. The van der Waals surface area contributed by atoms with Gasteiger partial charge in [0.2, 0.25) is 10.0 Å². The van der Waals surface area contributed by atoms with Crippen molar-refractivity contribution in [3.63, 3.8) is 0 Å². The average molecular weight is 401 g/mol. The number of sulfonamides is 1. The zero-order valence-corrected chi connectivity index (χ0v) is 14.5. The Morgan fingerprint density at radius 1 is 1.52 bits per heavy atom. The van der Waals surface area contributed by atoms with Crippen molar-refractivity contribution in [1.82, 2.24) is 4.72 Å². The summed E-state index contributed by atoms with van der Waals surface area (Å²) in [5.41, 5.74) is -0.281. The van der Waals surface area contributed by atoms with Crippen LogP contribution in [0.3, 0.4) is 0 Å². The summed E-state index contributed by atoms with van der Waals surface area (Å²) in [6.45, 7) is 2.42. The molecule has 1 aromatic rings. The molecule has 0 heterocycles. The van der Waals surface area contributed by atoms with Crippen LogP contribution in [-0.2, 0) is 14.8 Å². The molecule has 21 heavy (non-hydrogen) atoms. The number of carboxylic acid groups (broad SMARTS) is 1. The minimum absolute atomic E-state index is 0.0144. The molecule has 0 aliphatic carbocycles. The van der Waals surface area contributed by atoms with Crippen molar-refractivity contribution in [2.75, 3.05) is 20.3 Å². The highest BCUT2D eigenvalue weighted by molar-refractivity contribution is 9.10. The second-order valence-corrected chi connectivity index (χ2v) is 7.48. The first-order valence-electron chi connectivity index (χ1n) is 5.90. The molecule has 0 spiro atoms. The monoisotopic (exact) mass is 399 g/mol. The van der Waals surface area contributed by atoms with Gasteiger partial charge < -0.3 is 9.84 Å². The smallest absolute Gasteiger partial charge is 0.337 e. The van der Waals surface area contributed by atoms with Gasteiger partial charge in [0.1, 0.15) is 0 Å². The molecule has 0 saturated carbocycles. The van der Waals surface area contributed by atoms with Crippen LogP contribution in [0.1, 0.15) is 17.3 Å². The molecule has 1 rings (SSSR count). The van der Waals surface area contributed by atoms with Crippen LogP contribution in [0.4, 0.5) is 0 Å². The SMILES string of the molecule is COCC(C)CNS(=O)(=O)c1cc(Br)c(Cl)c(C(=O)O)c1. The molecule has 9 heteroatoms. The van der Waals surface area contributed by atoms with E-state index in [1.807, 2.05) is 6.92 Å². The maximum absolute atomic E-state index is 12.2. The van der Waals surface area contributed by atoms with E-state index in [0.29, 0.717) is 6.61 Å². The molecule has 1 aromatic carbocycles. The Bertz CT molecular complexity index is 635. The molecule has 0 amide bonds. The number of halogens is 2. The largest absolute Gasteiger partial charge is 0.478 e. The molecule has 6 nitrogen and oxygen atoms in total. The molecule has 0 saturated heterocycles. The van der Waals surface area contributed by atoms with Gasteiger partial charge >= 0.3 is 5.97 Å². The Morgan fingerprint density at radius 3 is 2.67 bits per heavy atom. The van der Waals surface area contributed by atoms with Crippen LogP contribution in [0.2, 0.25) is 5.02 Å². The van der Waals surface area contributed by atoms with Crippen LogP contribution >= 0.6 is 27.5 Å². The van der Waals surface area contributed by atoms with Crippen LogP contribution in [0.5, 0.6) is 0 Å². The number of nitrogens with one attached hydrogen (secondary N) is 1. The second-order valence-electron chi connectivity index (χ2n) is 4.48. The third-order valence-electron chi connectivity index (χ3n) is 2.62. The van der Waals surface area contributed by atoms with Crippen molar-refractivity contribution in [3.05, 3.63) is 27.2 Å². The van der Waals surface area contributed by atoms with E-state index in [-0.39, 0.29) is 32.4 Å². The minimum Gasteiger partial charge on any atom is -0.478 e. The van der Waals surface area contributed by atoms with Gasteiger partial charge in [-0.3, -0.25) is 0 Å². The Morgan fingerprint density at radius 2 is 2.14 bits per heavy atom. The van der Waals surface area contributed by atoms with Crippen molar-refractivity contribution in [3.8, 4) is 0 Å². The van der Waals surface area contributed by atoms with Crippen molar-refractivity contribution < 1.29 is 23.1 Å². The fourth-order valence-corrected chi connectivity index (χ4v) is 3.57. The second kappa shape index (κ2) is 7.55. The van der Waals surface area contributed by atoms with Crippen LogP contribution in [0, 0.1) is 5.92 Å². The van der Waals surface area contributed by atoms with Gasteiger partial charge in [0, 0.05) is 24.7 Å². The van der Waals surface area contributed by atoms with Crippen LogP contribution in [0.15, 0.2) is 21.5 Å². The highest BCUT2D eigenvalue weighted by Crippen LogP contribution is 2.29. The fourth-order valence-electron chi connectivity index (χ4n) is 1.55. The molecule has 0 aromatic heterocycles. The molecule has 1 unspecified atom stereocenters. The fraction of sp³-hybridized carbons (Fsp3) is 0.417. The minimum atomic E-state index is -3.83. The van der Waals surface area contributed by atoms with E-state index in [1.165, 1.54) is 13.2 Å². The van der Waals surface area contributed by atoms with Gasteiger partial charge in [-0.2, -0.15) is 0 Å². The molecule has 0 radical (unpaired) electrons. The van der Waals surface area contributed by atoms with Crippen LogP contribution < -0.4 is 4.72 Å². The van der Waals surface area contributed by atoms with E-state index >= 15 is 0 Å². The number of hydrogen-bond donors (Lipinski definition) is 2. The Hall–Kier alpha value is -0.670. The first-order valence-corrected chi connectivity index (χ1v) is 8.55. The number of ether oxygens (including phenoxy) is 1. The Kier molecular flexibility index (Phi) is 6.61. The van der Waals surface area contributed by atoms with E-state index in [0.717, 1.165) is 6.07 Å². The molecule has 118 valence electrons. The van der Waals surface area contributed by atoms with Crippen LogP contribution in [0.25, 0.3) is 0 Å². The topological polar surface area (TPSA) is 92.7 Å². The zero-order chi connectivity index (χ0) is 16.2. The van der Waals surface area contributed by atoms with Gasteiger partial charge in [0.15, 0.2) is 0 Å². The Labute approximate surface area is 136 Å². The first kappa shape index (κ1) is 18.4. The van der Waals surface area contributed by atoms with Crippen molar-refractivity contribution in [2.45, 2.75) is 11.8 Å². The van der Waals surface area contributed by atoms with Gasteiger partial charge in [-0.15, -0.1) is 0 Å². The molecule has 0 aliphatic rings. The third-order valence-corrected chi connectivity index (χ3v) is 5.28. The summed E-state index contributed by atoms with van der Waals surface area (Å²) in [5, 5.41) is 8.98. The molecule has 1 atom stereocenters. The van der Waals surface area contributed by atoms with Crippen LogP contribution in [-0.4, -0.2) is 39.8 Å². The molecule has 2 N–H and O–H groups in total. The van der Waals surface area contributed by atoms with E-state index in [4.69, 9.17) is 21.4 Å². The number of hydrogen-bond acceptors (Lipinski definition) is 4. The quantitative estimate of drug-likeness (QED) is 0.733. The predicted octanol–water partition coefficient (Wildman–Crippen LogP) is 2.36. The molecule has 0 bridgehead atoms. The first-order chi connectivity index (χ1) is 9.69. The standard InChI is InChI=1S/C12H15BrClNO5S/c1-7(6-20-2)5-15-21(18,19)8-3-9(12(16)17)11(14)10(13)4-8/h3-4,7,15H,5-6H2,1-2H3,(H,16,17). The number of benzene rings is 1. The lowest BCUT2D eigenvalue weighted by atomic mass is 10.2. The Balaban J connectivity index is 3.06. The highest BCUT2D eigenvalue weighted by atomic mass is 79.9. The maximum atomic E-state index is 12.2. The average Bonchev–Trinajstić information content (AvgIpc) is 2.39. The number of carboxylic acids is 1. The summed E-state index contributed by atoms with van der Waals surface area (Å²) in [6, 6.07) is 2.29. The van der Waals surface area contributed by atoms with Gasteiger partial charge in [0.05, 0.1) is 15.5 Å². The summed E-state index contributed by atoms with van der Waals surface area (Å²) in [4.78, 5) is 10.9. The van der Waals surface area contributed by atoms with Crippen molar-refractivity contribution in [2.24, 2.45) is 5.92 Å². The summed E-state index contributed by atoms with van der Waals surface area (Å²) in [6.07, 6.45) is 0.